The Kier molecular flexibility index (Phi) is 5.95. The van der Waals surface area contributed by atoms with Gasteiger partial charge in [-0.25, -0.2) is 10.2 Å². The Bertz CT molecular complexity index is 1430. The fourth-order valence-electron chi connectivity index (χ4n) is 3.36. The first-order valence-corrected chi connectivity index (χ1v) is 10.5. The number of rotatable bonds is 6. The third-order valence-corrected chi connectivity index (χ3v) is 5.56. The van der Waals surface area contributed by atoms with Crippen LogP contribution in [0, 0.1) is 0 Å². The number of hydrazone groups is 1. The molecule has 32 heavy (non-hydrogen) atoms. The molecule has 2 heterocycles. The largest absolute Gasteiger partial charge is 0.497 e. The average Bonchev–Trinajstić information content (AvgIpc) is 3.15. The first kappa shape index (κ1) is 21.6. The number of fused-ring (bicyclic) bond motifs is 1. The van der Waals surface area contributed by atoms with Crippen LogP contribution in [-0.4, -0.2) is 32.0 Å². The van der Waals surface area contributed by atoms with Crippen LogP contribution >= 0.6 is 15.9 Å². The van der Waals surface area contributed by atoms with E-state index in [0.29, 0.717) is 18.0 Å². The second-order valence-electron chi connectivity index (χ2n) is 7.17. The van der Waals surface area contributed by atoms with Gasteiger partial charge in [0.25, 0.3) is 5.56 Å². The van der Waals surface area contributed by atoms with Gasteiger partial charge in [-0.1, -0.05) is 28.1 Å². The fourth-order valence-corrected chi connectivity index (χ4v) is 3.80. The van der Waals surface area contributed by atoms with Gasteiger partial charge in [-0.3, -0.25) is 18.5 Å². The van der Waals surface area contributed by atoms with Gasteiger partial charge in [0.1, 0.15) is 5.75 Å². The SMILES string of the molecule is COc1ccc(C=NNc2nc3c(c(=O)n(C)c(=O)n3C)n2Cc2cccc(Br)c2)cc1. The Balaban J connectivity index is 1.78. The van der Waals surface area contributed by atoms with Crippen molar-refractivity contribution >= 4 is 39.3 Å². The summed E-state index contributed by atoms with van der Waals surface area (Å²) in [5.74, 6) is 1.10. The normalized spacial score (nSPS) is 11.4. The van der Waals surface area contributed by atoms with Crippen LogP contribution in [0.25, 0.3) is 11.2 Å². The lowest BCUT2D eigenvalue weighted by Crippen LogP contribution is -2.37. The van der Waals surface area contributed by atoms with Crippen LogP contribution in [0.1, 0.15) is 11.1 Å². The molecule has 1 N–H and O–H groups in total. The predicted molar refractivity (Wildman–Crippen MR) is 128 cm³/mol. The number of nitrogens with one attached hydrogen (secondary N) is 1. The Labute approximate surface area is 191 Å². The highest BCUT2D eigenvalue weighted by atomic mass is 79.9. The molecule has 0 atom stereocenters. The third kappa shape index (κ3) is 4.09. The van der Waals surface area contributed by atoms with Crippen LogP contribution in [0.2, 0.25) is 0 Å². The molecule has 4 rings (SSSR count). The number of hydrogen-bond donors (Lipinski definition) is 1. The van der Waals surface area contributed by atoms with Crippen LogP contribution in [-0.2, 0) is 20.6 Å². The lowest BCUT2D eigenvalue weighted by molar-refractivity contribution is 0.415. The van der Waals surface area contributed by atoms with Gasteiger partial charge < -0.3 is 4.74 Å². The molecule has 0 bridgehead atoms. The smallest absolute Gasteiger partial charge is 0.332 e. The van der Waals surface area contributed by atoms with Gasteiger partial charge in [-0.05, 0) is 47.5 Å². The number of benzene rings is 2. The summed E-state index contributed by atoms with van der Waals surface area (Å²) in [4.78, 5) is 29.8. The molecule has 0 saturated heterocycles. The summed E-state index contributed by atoms with van der Waals surface area (Å²) in [6.45, 7) is 0.365. The zero-order valence-corrected chi connectivity index (χ0v) is 19.3. The number of aryl methyl sites for hydroxylation is 1. The molecule has 2 aromatic heterocycles. The van der Waals surface area contributed by atoms with Gasteiger partial charge in [0, 0.05) is 18.6 Å². The molecule has 0 aliphatic rings. The van der Waals surface area contributed by atoms with E-state index in [2.05, 4.69) is 31.4 Å². The Morgan fingerprint density at radius 3 is 2.56 bits per heavy atom. The molecule has 0 aliphatic heterocycles. The summed E-state index contributed by atoms with van der Waals surface area (Å²) in [5.41, 5.74) is 4.48. The molecule has 0 saturated carbocycles. The van der Waals surface area contributed by atoms with E-state index < -0.39 is 11.2 Å². The molecule has 0 radical (unpaired) electrons. The van der Waals surface area contributed by atoms with Gasteiger partial charge in [0.15, 0.2) is 11.2 Å². The molecular weight excluding hydrogens is 476 g/mol. The number of ether oxygens (including phenoxy) is 1. The second kappa shape index (κ2) is 8.83. The van der Waals surface area contributed by atoms with Crippen LogP contribution in [0.5, 0.6) is 5.75 Å². The van der Waals surface area contributed by atoms with Crippen molar-refractivity contribution in [3.05, 3.63) is 85.0 Å². The lowest BCUT2D eigenvalue weighted by atomic mass is 10.2. The number of halogens is 1. The van der Waals surface area contributed by atoms with Crippen molar-refractivity contribution in [1.82, 2.24) is 18.7 Å². The van der Waals surface area contributed by atoms with Gasteiger partial charge in [-0.15, -0.1) is 0 Å². The summed E-state index contributed by atoms with van der Waals surface area (Å²) in [6.07, 6.45) is 1.64. The summed E-state index contributed by atoms with van der Waals surface area (Å²) >= 11 is 3.48. The summed E-state index contributed by atoms with van der Waals surface area (Å²) in [7, 11) is 4.65. The number of methoxy groups -OCH3 is 1. The number of anilines is 1. The predicted octanol–water partition coefficient (Wildman–Crippen LogP) is 2.70. The standard InChI is InChI=1S/C22H21BrN6O3/c1-27-19-18(20(30)28(2)22(27)31)29(13-15-5-4-6-16(23)11-15)21(25-19)26-24-12-14-7-9-17(32-3)10-8-14/h4-12H,13H2,1-3H3,(H,25,26). The lowest BCUT2D eigenvalue weighted by Gasteiger charge is -2.09. The van der Waals surface area contributed by atoms with Gasteiger partial charge in [0.05, 0.1) is 19.9 Å². The van der Waals surface area contributed by atoms with Gasteiger partial charge in [-0.2, -0.15) is 10.1 Å². The molecule has 4 aromatic rings. The monoisotopic (exact) mass is 496 g/mol. The highest BCUT2D eigenvalue weighted by Gasteiger charge is 2.19. The Hall–Kier alpha value is -3.66. The molecule has 0 aliphatic carbocycles. The minimum atomic E-state index is -0.442. The summed E-state index contributed by atoms with van der Waals surface area (Å²) < 4.78 is 10.2. The van der Waals surface area contributed by atoms with Crippen LogP contribution in [0.4, 0.5) is 5.95 Å². The molecule has 9 nitrogen and oxygen atoms in total. The summed E-state index contributed by atoms with van der Waals surface area (Å²) in [5, 5.41) is 4.28. The molecule has 0 fully saturated rings. The van der Waals surface area contributed by atoms with E-state index >= 15 is 0 Å². The first-order valence-electron chi connectivity index (χ1n) is 9.73. The number of imidazole rings is 1. The van der Waals surface area contributed by atoms with E-state index in [-0.39, 0.29) is 5.65 Å². The number of aromatic nitrogens is 4. The van der Waals surface area contributed by atoms with Crippen molar-refractivity contribution in [3.63, 3.8) is 0 Å². The molecule has 0 unspecified atom stereocenters. The van der Waals surface area contributed by atoms with Crippen LogP contribution in [0.3, 0.4) is 0 Å². The van der Waals surface area contributed by atoms with E-state index in [9.17, 15) is 9.59 Å². The van der Waals surface area contributed by atoms with Crippen molar-refractivity contribution in [2.24, 2.45) is 19.2 Å². The quantitative estimate of drug-likeness (QED) is 0.327. The minimum Gasteiger partial charge on any atom is -0.497 e. The van der Waals surface area contributed by atoms with Gasteiger partial charge in [0.2, 0.25) is 5.95 Å². The Morgan fingerprint density at radius 2 is 1.88 bits per heavy atom. The van der Waals surface area contributed by atoms with Crippen molar-refractivity contribution in [2.75, 3.05) is 12.5 Å². The van der Waals surface area contributed by atoms with Crippen LogP contribution < -0.4 is 21.4 Å². The van der Waals surface area contributed by atoms with Crippen LogP contribution in [0.15, 0.2) is 67.7 Å². The van der Waals surface area contributed by atoms with E-state index in [1.54, 1.807) is 24.9 Å². The van der Waals surface area contributed by atoms with E-state index in [0.717, 1.165) is 25.9 Å². The Morgan fingerprint density at radius 1 is 1.12 bits per heavy atom. The van der Waals surface area contributed by atoms with Crippen molar-refractivity contribution in [1.29, 1.82) is 0 Å². The zero-order valence-electron chi connectivity index (χ0n) is 17.7. The molecule has 10 heteroatoms. The maximum absolute atomic E-state index is 12.9. The number of nitrogens with zero attached hydrogens (tertiary/aromatic N) is 5. The zero-order chi connectivity index (χ0) is 22.8. The molecule has 164 valence electrons. The third-order valence-electron chi connectivity index (χ3n) is 5.07. The highest BCUT2D eigenvalue weighted by Crippen LogP contribution is 2.20. The molecule has 0 spiro atoms. The maximum atomic E-state index is 12.9. The van der Waals surface area contributed by atoms with Crippen molar-refractivity contribution in [3.8, 4) is 5.75 Å². The fraction of sp³-hybridized carbons (Fsp3) is 0.182. The van der Waals surface area contributed by atoms with Crippen molar-refractivity contribution < 1.29 is 4.74 Å². The van der Waals surface area contributed by atoms with E-state index in [1.165, 1.54) is 11.6 Å². The first-order chi connectivity index (χ1) is 15.4. The molecular formula is C22H21BrN6O3. The molecule has 0 amide bonds. The van der Waals surface area contributed by atoms with Gasteiger partial charge >= 0.3 is 5.69 Å². The van der Waals surface area contributed by atoms with E-state index in [1.807, 2.05) is 48.5 Å². The topological polar surface area (TPSA) is 95.4 Å². The summed E-state index contributed by atoms with van der Waals surface area (Å²) in [6, 6.07) is 15.2. The maximum Gasteiger partial charge on any atom is 0.332 e. The highest BCUT2D eigenvalue weighted by molar-refractivity contribution is 9.10. The minimum absolute atomic E-state index is 0.287. The second-order valence-corrected chi connectivity index (χ2v) is 8.09. The van der Waals surface area contributed by atoms with Crippen molar-refractivity contribution in [2.45, 2.75) is 6.54 Å². The molecule has 2 aromatic carbocycles. The number of hydrogen-bond acceptors (Lipinski definition) is 6. The van der Waals surface area contributed by atoms with E-state index in [4.69, 9.17) is 4.74 Å². The average molecular weight is 497 g/mol.